The number of fused-ring (bicyclic) bond motifs is 1. The minimum absolute atomic E-state index is 0.0864. The van der Waals surface area contributed by atoms with Gasteiger partial charge >= 0.3 is 17.9 Å². The second kappa shape index (κ2) is 9.04. The first kappa shape index (κ1) is 20.8. The Hall–Kier alpha value is -3.94. The molecule has 0 aliphatic rings. The number of hydrogen-bond acceptors (Lipinski definition) is 7. The SMILES string of the molecule is CCOC(=O)c1ccc2ncc(C(=O)OCC)c(Nc3cccc(C(=O)O)c3)c2c1. The van der Waals surface area contributed by atoms with Gasteiger partial charge in [0.1, 0.15) is 5.56 Å². The average Bonchev–Trinajstić information content (AvgIpc) is 2.74. The zero-order valence-electron chi connectivity index (χ0n) is 16.5. The molecule has 0 unspecified atom stereocenters. The van der Waals surface area contributed by atoms with E-state index < -0.39 is 17.9 Å². The van der Waals surface area contributed by atoms with Crippen molar-refractivity contribution >= 4 is 40.2 Å². The predicted octanol–water partition coefficient (Wildman–Crippen LogP) is 4.03. The minimum Gasteiger partial charge on any atom is -0.478 e. The Balaban J connectivity index is 2.17. The Kier molecular flexibility index (Phi) is 6.26. The predicted molar refractivity (Wildman–Crippen MR) is 110 cm³/mol. The summed E-state index contributed by atoms with van der Waals surface area (Å²) in [6.07, 6.45) is 1.38. The third-order valence-corrected chi connectivity index (χ3v) is 4.25. The van der Waals surface area contributed by atoms with Crippen LogP contribution in [0.3, 0.4) is 0 Å². The quantitative estimate of drug-likeness (QED) is 0.563. The third-order valence-electron chi connectivity index (χ3n) is 4.25. The molecule has 0 aliphatic carbocycles. The number of hydrogen-bond donors (Lipinski definition) is 2. The Morgan fingerprint density at radius 2 is 1.70 bits per heavy atom. The molecule has 0 radical (unpaired) electrons. The fraction of sp³-hybridized carbons (Fsp3) is 0.182. The third kappa shape index (κ3) is 4.38. The molecule has 0 spiro atoms. The first-order valence-electron chi connectivity index (χ1n) is 9.32. The number of nitrogens with zero attached hydrogens (tertiary/aromatic N) is 1. The maximum absolute atomic E-state index is 12.5. The number of pyridine rings is 1. The lowest BCUT2D eigenvalue weighted by Gasteiger charge is -2.15. The van der Waals surface area contributed by atoms with Crippen molar-refractivity contribution in [1.82, 2.24) is 4.98 Å². The molecule has 154 valence electrons. The summed E-state index contributed by atoms with van der Waals surface area (Å²) in [5, 5.41) is 12.8. The van der Waals surface area contributed by atoms with Gasteiger partial charge in [-0.1, -0.05) is 6.07 Å². The molecule has 0 saturated heterocycles. The van der Waals surface area contributed by atoms with Gasteiger partial charge in [0.15, 0.2) is 0 Å². The summed E-state index contributed by atoms with van der Waals surface area (Å²) >= 11 is 0. The first-order valence-corrected chi connectivity index (χ1v) is 9.32. The van der Waals surface area contributed by atoms with Crippen molar-refractivity contribution in [3.05, 3.63) is 65.4 Å². The zero-order chi connectivity index (χ0) is 21.7. The van der Waals surface area contributed by atoms with Crippen molar-refractivity contribution < 1.29 is 29.0 Å². The normalized spacial score (nSPS) is 10.5. The molecular weight excluding hydrogens is 388 g/mol. The standard InChI is InChI=1S/C22H20N2O6/c1-3-29-21(27)14-8-9-18-16(11-14)19(17(12-23-18)22(28)30-4-2)24-15-7-5-6-13(10-15)20(25)26/h5-12H,3-4H2,1-2H3,(H,23,24)(H,25,26). The molecule has 8 nitrogen and oxygen atoms in total. The van der Waals surface area contributed by atoms with Gasteiger partial charge in [-0.2, -0.15) is 0 Å². The number of benzene rings is 2. The fourth-order valence-corrected chi connectivity index (χ4v) is 2.91. The molecule has 0 aliphatic heterocycles. The van der Waals surface area contributed by atoms with E-state index in [-0.39, 0.29) is 24.3 Å². The molecule has 8 heteroatoms. The van der Waals surface area contributed by atoms with Crippen molar-refractivity contribution in [3.8, 4) is 0 Å². The van der Waals surface area contributed by atoms with E-state index in [1.807, 2.05) is 0 Å². The lowest BCUT2D eigenvalue weighted by molar-refractivity contribution is 0.0518. The molecule has 2 N–H and O–H groups in total. The second-order valence-corrected chi connectivity index (χ2v) is 6.23. The highest BCUT2D eigenvalue weighted by Crippen LogP contribution is 2.31. The number of esters is 2. The van der Waals surface area contributed by atoms with Crippen molar-refractivity contribution in [2.24, 2.45) is 0 Å². The summed E-state index contributed by atoms with van der Waals surface area (Å²) in [5.41, 5.74) is 1.89. The van der Waals surface area contributed by atoms with Crippen LogP contribution in [0.4, 0.5) is 11.4 Å². The van der Waals surface area contributed by atoms with Crippen molar-refractivity contribution in [1.29, 1.82) is 0 Å². The fourth-order valence-electron chi connectivity index (χ4n) is 2.91. The lowest BCUT2D eigenvalue weighted by Crippen LogP contribution is -2.10. The summed E-state index contributed by atoms with van der Waals surface area (Å²) < 4.78 is 10.2. The Bertz CT molecular complexity index is 1120. The summed E-state index contributed by atoms with van der Waals surface area (Å²) in [6.45, 7) is 3.80. The van der Waals surface area contributed by atoms with Gasteiger partial charge in [0.2, 0.25) is 0 Å². The van der Waals surface area contributed by atoms with E-state index >= 15 is 0 Å². The highest BCUT2D eigenvalue weighted by Gasteiger charge is 2.19. The molecule has 0 fully saturated rings. The van der Waals surface area contributed by atoms with Gasteiger partial charge in [-0.3, -0.25) is 4.98 Å². The van der Waals surface area contributed by atoms with Crippen LogP contribution in [0.15, 0.2) is 48.7 Å². The van der Waals surface area contributed by atoms with Crippen molar-refractivity contribution in [2.45, 2.75) is 13.8 Å². The van der Waals surface area contributed by atoms with Gasteiger partial charge in [-0.15, -0.1) is 0 Å². The van der Waals surface area contributed by atoms with E-state index in [1.165, 1.54) is 18.3 Å². The molecule has 3 rings (SSSR count). The second-order valence-electron chi connectivity index (χ2n) is 6.23. The highest BCUT2D eigenvalue weighted by atomic mass is 16.5. The van der Waals surface area contributed by atoms with Crippen LogP contribution >= 0.6 is 0 Å². The number of nitrogens with one attached hydrogen (secondary N) is 1. The van der Waals surface area contributed by atoms with E-state index in [4.69, 9.17) is 9.47 Å². The van der Waals surface area contributed by atoms with Crippen LogP contribution in [-0.2, 0) is 9.47 Å². The molecule has 1 heterocycles. The maximum Gasteiger partial charge on any atom is 0.341 e. The average molecular weight is 408 g/mol. The van der Waals surface area contributed by atoms with Crippen LogP contribution in [0.2, 0.25) is 0 Å². The van der Waals surface area contributed by atoms with Gasteiger partial charge < -0.3 is 19.9 Å². The summed E-state index contributed by atoms with van der Waals surface area (Å²) in [4.78, 5) is 40.3. The van der Waals surface area contributed by atoms with E-state index in [0.29, 0.717) is 27.8 Å². The van der Waals surface area contributed by atoms with Crippen LogP contribution in [0, 0.1) is 0 Å². The number of carbonyl (C=O) groups is 3. The Labute approximate surface area is 172 Å². The lowest BCUT2D eigenvalue weighted by atomic mass is 10.1. The monoisotopic (exact) mass is 408 g/mol. The Morgan fingerprint density at radius 3 is 2.40 bits per heavy atom. The molecule has 3 aromatic rings. The summed E-state index contributed by atoms with van der Waals surface area (Å²) in [5.74, 6) is -2.17. The first-order chi connectivity index (χ1) is 14.4. The number of aromatic carboxylic acids is 1. The number of anilines is 2. The number of carbonyl (C=O) groups excluding carboxylic acids is 2. The molecule has 1 aromatic heterocycles. The topological polar surface area (TPSA) is 115 Å². The van der Waals surface area contributed by atoms with Gasteiger partial charge in [0, 0.05) is 17.3 Å². The number of rotatable bonds is 7. The molecule has 0 saturated carbocycles. The van der Waals surface area contributed by atoms with Crippen LogP contribution in [0.25, 0.3) is 10.9 Å². The van der Waals surface area contributed by atoms with E-state index in [2.05, 4.69) is 10.3 Å². The van der Waals surface area contributed by atoms with Crippen LogP contribution in [0.1, 0.15) is 44.9 Å². The minimum atomic E-state index is -1.08. The number of ether oxygens (including phenoxy) is 2. The van der Waals surface area contributed by atoms with Crippen molar-refractivity contribution in [2.75, 3.05) is 18.5 Å². The summed E-state index contributed by atoms with van der Waals surface area (Å²) in [7, 11) is 0. The van der Waals surface area contributed by atoms with Gasteiger partial charge in [0.05, 0.1) is 35.5 Å². The molecule has 0 bridgehead atoms. The van der Waals surface area contributed by atoms with E-state index in [1.54, 1.807) is 44.2 Å². The smallest absolute Gasteiger partial charge is 0.341 e. The largest absolute Gasteiger partial charge is 0.478 e. The maximum atomic E-state index is 12.5. The molecule has 0 atom stereocenters. The molecule has 30 heavy (non-hydrogen) atoms. The van der Waals surface area contributed by atoms with Crippen LogP contribution < -0.4 is 5.32 Å². The number of carboxylic acids is 1. The number of carboxylic acid groups (broad SMARTS) is 1. The van der Waals surface area contributed by atoms with Gasteiger partial charge in [-0.25, -0.2) is 14.4 Å². The zero-order valence-corrected chi connectivity index (χ0v) is 16.5. The summed E-state index contributed by atoms with van der Waals surface area (Å²) in [6, 6.07) is 11.0. The van der Waals surface area contributed by atoms with Crippen LogP contribution in [0.5, 0.6) is 0 Å². The van der Waals surface area contributed by atoms with Gasteiger partial charge in [0.25, 0.3) is 0 Å². The van der Waals surface area contributed by atoms with Crippen LogP contribution in [-0.4, -0.2) is 41.2 Å². The molecule has 0 amide bonds. The van der Waals surface area contributed by atoms with Gasteiger partial charge in [-0.05, 0) is 50.2 Å². The van der Waals surface area contributed by atoms with E-state index in [0.717, 1.165) is 0 Å². The number of aromatic nitrogens is 1. The Morgan fingerprint density at radius 1 is 0.967 bits per heavy atom. The van der Waals surface area contributed by atoms with E-state index in [9.17, 15) is 19.5 Å². The highest BCUT2D eigenvalue weighted by molar-refractivity contribution is 6.08. The molecule has 2 aromatic carbocycles. The molecular formula is C22H20N2O6. The van der Waals surface area contributed by atoms with Crippen molar-refractivity contribution in [3.63, 3.8) is 0 Å².